The number of aryl methyl sites for hydroxylation is 1. The Labute approximate surface area is 148 Å². The summed E-state index contributed by atoms with van der Waals surface area (Å²) in [6.45, 7) is 4.72. The van der Waals surface area contributed by atoms with Gasteiger partial charge in [0, 0.05) is 45.4 Å². The molecule has 1 N–H and O–H groups in total. The maximum Gasteiger partial charge on any atom is 0.257 e. The van der Waals surface area contributed by atoms with Crippen LogP contribution in [0, 0.1) is 12.3 Å². The standard InChI is InChI=1S/C18H26N4O3/c1-14-15(11-19-13-20-14)17(25)21-8-5-18(6-9-21)4-3-16(24)22(12-18)7-2-10-23/h11,13,23H,2-10,12H2,1H3. The SMILES string of the molecule is Cc1ncncc1C(=O)N1CCC2(CCC(=O)N(CCCO)C2)CC1. The third kappa shape index (κ3) is 3.81. The van der Waals surface area contributed by atoms with Gasteiger partial charge in [0.2, 0.25) is 5.91 Å². The second kappa shape index (κ2) is 7.47. The van der Waals surface area contributed by atoms with Crippen molar-refractivity contribution in [2.75, 3.05) is 32.8 Å². The van der Waals surface area contributed by atoms with Crippen molar-refractivity contribution in [2.24, 2.45) is 5.41 Å². The summed E-state index contributed by atoms with van der Waals surface area (Å²) in [7, 11) is 0. The first kappa shape index (κ1) is 17.8. The molecule has 2 amide bonds. The van der Waals surface area contributed by atoms with Gasteiger partial charge in [-0.3, -0.25) is 9.59 Å². The Morgan fingerprint density at radius 1 is 1.32 bits per heavy atom. The minimum atomic E-state index is -0.00280. The Morgan fingerprint density at radius 2 is 2.08 bits per heavy atom. The molecule has 0 aliphatic carbocycles. The summed E-state index contributed by atoms with van der Waals surface area (Å²) in [5.74, 6) is 0.187. The van der Waals surface area contributed by atoms with E-state index in [0.29, 0.717) is 43.7 Å². The molecule has 1 aromatic heterocycles. The van der Waals surface area contributed by atoms with Gasteiger partial charge in [0.15, 0.2) is 0 Å². The van der Waals surface area contributed by atoms with Crippen molar-refractivity contribution < 1.29 is 14.7 Å². The van der Waals surface area contributed by atoms with Crippen LogP contribution in [0.25, 0.3) is 0 Å². The van der Waals surface area contributed by atoms with Crippen molar-refractivity contribution in [1.29, 1.82) is 0 Å². The summed E-state index contributed by atoms with van der Waals surface area (Å²) in [4.78, 5) is 36.6. The molecular formula is C18H26N4O3. The predicted molar refractivity (Wildman–Crippen MR) is 91.9 cm³/mol. The maximum atomic E-state index is 12.7. The van der Waals surface area contributed by atoms with Crippen molar-refractivity contribution in [1.82, 2.24) is 19.8 Å². The minimum Gasteiger partial charge on any atom is -0.396 e. The molecule has 2 fully saturated rings. The van der Waals surface area contributed by atoms with E-state index in [1.54, 1.807) is 6.20 Å². The molecule has 7 nitrogen and oxygen atoms in total. The number of rotatable bonds is 4. The van der Waals surface area contributed by atoms with E-state index in [1.165, 1.54) is 6.33 Å². The molecule has 1 spiro atoms. The normalized spacial score (nSPS) is 20.2. The van der Waals surface area contributed by atoms with Gasteiger partial charge in [-0.25, -0.2) is 9.97 Å². The predicted octanol–water partition coefficient (Wildman–Crippen LogP) is 1.01. The Morgan fingerprint density at radius 3 is 2.76 bits per heavy atom. The van der Waals surface area contributed by atoms with E-state index < -0.39 is 0 Å². The number of nitrogens with zero attached hydrogens (tertiary/aromatic N) is 4. The fourth-order valence-corrected chi connectivity index (χ4v) is 3.93. The number of carbonyl (C=O) groups is 2. The van der Waals surface area contributed by atoms with E-state index in [-0.39, 0.29) is 23.8 Å². The van der Waals surface area contributed by atoms with Gasteiger partial charge in [0.05, 0.1) is 11.3 Å². The van der Waals surface area contributed by atoms with E-state index >= 15 is 0 Å². The number of piperidine rings is 2. The van der Waals surface area contributed by atoms with Crippen molar-refractivity contribution in [2.45, 2.75) is 39.0 Å². The highest BCUT2D eigenvalue weighted by Crippen LogP contribution is 2.40. The molecule has 7 heteroatoms. The molecule has 2 aliphatic heterocycles. The molecule has 0 unspecified atom stereocenters. The van der Waals surface area contributed by atoms with Crippen LogP contribution in [0.4, 0.5) is 0 Å². The van der Waals surface area contributed by atoms with Gasteiger partial charge in [0.25, 0.3) is 5.91 Å². The lowest BCUT2D eigenvalue weighted by atomic mass is 9.72. The maximum absolute atomic E-state index is 12.7. The van der Waals surface area contributed by atoms with Crippen LogP contribution >= 0.6 is 0 Å². The molecule has 0 bridgehead atoms. The largest absolute Gasteiger partial charge is 0.396 e. The van der Waals surface area contributed by atoms with Crippen molar-refractivity contribution in [3.05, 3.63) is 23.8 Å². The van der Waals surface area contributed by atoms with Gasteiger partial charge in [-0.15, -0.1) is 0 Å². The highest BCUT2D eigenvalue weighted by molar-refractivity contribution is 5.95. The van der Waals surface area contributed by atoms with Crippen LogP contribution in [0.1, 0.15) is 48.2 Å². The molecular weight excluding hydrogens is 320 g/mol. The molecule has 2 aliphatic rings. The van der Waals surface area contributed by atoms with Gasteiger partial charge in [-0.1, -0.05) is 0 Å². The van der Waals surface area contributed by atoms with Gasteiger partial charge in [-0.2, -0.15) is 0 Å². The first-order valence-corrected chi connectivity index (χ1v) is 8.99. The number of hydrogen-bond donors (Lipinski definition) is 1. The minimum absolute atomic E-state index is 0.00280. The second-order valence-electron chi connectivity index (χ2n) is 7.21. The quantitative estimate of drug-likeness (QED) is 0.879. The van der Waals surface area contributed by atoms with Crippen LogP contribution in [-0.2, 0) is 4.79 Å². The number of aliphatic hydroxyl groups is 1. The molecule has 3 heterocycles. The molecule has 0 saturated carbocycles. The zero-order valence-corrected chi connectivity index (χ0v) is 14.8. The number of aliphatic hydroxyl groups excluding tert-OH is 1. The van der Waals surface area contributed by atoms with E-state index in [2.05, 4.69) is 9.97 Å². The van der Waals surface area contributed by atoms with Gasteiger partial charge in [-0.05, 0) is 38.0 Å². The third-order valence-electron chi connectivity index (χ3n) is 5.59. The zero-order valence-electron chi connectivity index (χ0n) is 14.8. The monoisotopic (exact) mass is 346 g/mol. The van der Waals surface area contributed by atoms with E-state index in [9.17, 15) is 9.59 Å². The molecule has 0 aromatic carbocycles. The Kier molecular flexibility index (Phi) is 5.32. The third-order valence-corrected chi connectivity index (χ3v) is 5.59. The molecule has 136 valence electrons. The van der Waals surface area contributed by atoms with Gasteiger partial charge < -0.3 is 14.9 Å². The zero-order chi connectivity index (χ0) is 17.9. The Balaban J connectivity index is 1.62. The smallest absolute Gasteiger partial charge is 0.257 e. The molecule has 0 radical (unpaired) electrons. The van der Waals surface area contributed by atoms with Crippen LogP contribution in [0.2, 0.25) is 0 Å². The first-order valence-electron chi connectivity index (χ1n) is 8.99. The first-order chi connectivity index (χ1) is 12.0. The van der Waals surface area contributed by atoms with E-state index in [0.717, 1.165) is 25.8 Å². The summed E-state index contributed by atoms with van der Waals surface area (Å²) in [6.07, 6.45) is 6.96. The molecule has 3 rings (SSSR count). The number of carbonyl (C=O) groups excluding carboxylic acids is 2. The lowest BCUT2D eigenvalue weighted by molar-refractivity contribution is -0.139. The average molecular weight is 346 g/mol. The van der Waals surface area contributed by atoms with Gasteiger partial charge >= 0.3 is 0 Å². The topological polar surface area (TPSA) is 86.6 Å². The van der Waals surface area contributed by atoms with Crippen LogP contribution in [-0.4, -0.2) is 69.5 Å². The van der Waals surface area contributed by atoms with Crippen molar-refractivity contribution in [3.8, 4) is 0 Å². The van der Waals surface area contributed by atoms with Crippen LogP contribution < -0.4 is 0 Å². The summed E-state index contributed by atoms with van der Waals surface area (Å²) in [6, 6.07) is 0. The second-order valence-corrected chi connectivity index (χ2v) is 7.21. The number of hydrogen-bond acceptors (Lipinski definition) is 5. The molecule has 25 heavy (non-hydrogen) atoms. The molecule has 0 atom stereocenters. The summed E-state index contributed by atoms with van der Waals surface area (Å²) < 4.78 is 0. The lowest BCUT2D eigenvalue weighted by Crippen LogP contribution is -2.52. The molecule has 1 aromatic rings. The molecule has 2 saturated heterocycles. The van der Waals surface area contributed by atoms with Crippen molar-refractivity contribution >= 4 is 11.8 Å². The van der Waals surface area contributed by atoms with Crippen LogP contribution in [0.3, 0.4) is 0 Å². The number of likely N-dealkylation sites (tertiary alicyclic amines) is 2. The summed E-state index contributed by atoms with van der Waals surface area (Å²) >= 11 is 0. The van der Waals surface area contributed by atoms with E-state index in [4.69, 9.17) is 5.11 Å². The number of amides is 2. The fourth-order valence-electron chi connectivity index (χ4n) is 3.93. The number of aromatic nitrogens is 2. The fraction of sp³-hybridized carbons (Fsp3) is 0.667. The Bertz CT molecular complexity index is 641. The lowest BCUT2D eigenvalue weighted by Gasteiger charge is -2.47. The Hall–Kier alpha value is -2.02. The van der Waals surface area contributed by atoms with Crippen LogP contribution in [0.15, 0.2) is 12.5 Å². The summed E-state index contributed by atoms with van der Waals surface area (Å²) in [5.41, 5.74) is 1.39. The van der Waals surface area contributed by atoms with Crippen molar-refractivity contribution in [3.63, 3.8) is 0 Å². The van der Waals surface area contributed by atoms with Gasteiger partial charge in [0.1, 0.15) is 6.33 Å². The highest BCUT2D eigenvalue weighted by Gasteiger charge is 2.41. The summed E-state index contributed by atoms with van der Waals surface area (Å²) in [5, 5.41) is 9.02. The van der Waals surface area contributed by atoms with Crippen LogP contribution in [0.5, 0.6) is 0 Å². The average Bonchev–Trinajstić information content (AvgIpc) is 2.63. The highest BCUT2D eigenvalue weighted by atomic mass is 16.3. The van der Waals surface area contributed by atoms with E-state index in [1.807, 2.05) is 16.7 Å².